The molecule has 2 rings (SSSR count). The maximum absolute atomic E-state index is 10.1. The Balaban J connectivity index is 1.90. The molecule has 0 bridgehead atoms. The molecule has 3 atom stereocenters. The molecule has 2 heterocycles. The van der Waals surface area contributed by atoms with Crippen molar-refractivity contribution in [1.29, 1.82) is 0 Å². The third kappa shape index (κ3) is 2.74. The Morgan fingerprint density at radius 1 is 1.44 bits per heavy atom. The van der Waals surface area contributed by atoms with Crippen molar-refractivity contribution in [2.75, 3.05) is 40.5 Å². The van der Waals surface area contributed by atoms with Crippen LogP contribution in [0.5, 0.6) is 0 Å². The quantitative estimate of drug-likeness (QED) is 0.765. The summed E-state index contributed by atoms with van der Waals surface area (Å²) in [6.07, 6.45) is 2.66. The van der Waals surface area contributed by atoms with Crippen molar-refractivity contribution in [3.05, 3.63) is 0 Å². The second-order valence-corrected chi connectivity index (χ2v) is 5.42. The third-order valence-electron chi connectivity index (χ3n) is 3.69. The van der Waals surface area contributed by atoms with Crippen LogP contribution in [0, 0.1) is 5.92 Å². The van der Waals surface area contributed by atoms with E-state index < -0.39 is 0 Å². The Hall–Kier alpha value is -0.160. The van der Waals surface area contributed by atoms with Crippen LogP contribution in [0.4, 0.5) is 0 Å². The topological polar surface area (TPSA) is 41.9 Å². The molecule has 3 unspecified atom stereocenters. The first-order valence-corrected chi connectivity index (χ1v) is 6.16. The number of aliphatic hydroxyl groups excluding tert-OH is 1. The molecule has 2 fully saturated rings. The summed E-state index contributed by atoms with van der Waals surface area (Å²) in [5.74, 6) is 0.359. The first kappa shape index (κ1) is 12.3. The van der Waals surface area contributed by atoms with Crippen LogP contribution in [-0.2, 0) is 9.47 Å². The van der Waals surface area contributed by atoms with E-state index in [1.54, 1.807) is 0 Å². The van der Waals surface area contributed by atoms with Crippen molar-refractivity contribution in [2.24, 2.45) is 5.92 Å². The Bertz CT molecular complexity index is 226. The van der Waals surface area contributed by atoms with Gasteiger partial charge < -0.3 is 19.5 Å². The summed E-state index contributed by atoms with van der Waals surface area (Å²) in [6.45, 7) is 3.01. The van der Waals surface area contributed by atoms with Gasteiger partial charge in [-0.3, -0.25) is 0 Å². The van der Waals surface area contributed by atoms with E-state index in [1.165, 1.54) is 0 Å². The molecular formula is C12H23NO3. The fraction of sp³-hybridized carbons (Fsp3) is 1.00. The molecule has 0 saturated carbocycles. The summed E-state index contributed by atoms with van der Waals surface area (Å²) in [7, 11) is 3.99. The zero-order valence-corrected chi connectivity index (χ0v) is 10.3. The Labute approximate surface area is 97.5 Å². The Morgan fingerprint density at radius 3 is 2.88 bits per heavy atom. The van der Waals surface area contributed by atoms with E-state index in [4.69, 9.17) is 9.47 Å². The smallest absolute Gasteiger partial charge is 0.0940 e. The molecule has 94 valence electrons. The van der Waals surface area contributed by atoms with E-state index in [0.29, 0.717) is 12.5 Å². The summed E-state index contributed by atoms with van der Waals surface area (Å²) >= 11 is 0. The molecule has 0 aromatic rings. The van der Waals surface area contributed by atoms with Gasteiger partial charge in [-0.15, -0.1) is 0 Å². The molecule has 4 nitrogen and oxygen atoms in total. The third-order valence-corrected chi connectivity index (χ3v) is 3.69. The van der Waals surface area contributed by atoms with Crippen molar-refractivity contribution in [3.63, 3.8) is 0 Å². The molecule has 4 heteroatoms. The summed E-state index contributed by atoms with van der Waals surface area (Å²) in [6, 6.07) is 0. The second-order valence-electron chi connectivity index (χ2n) is 5.42. The van der Waals surface area contributed by atoms with Crippen LogP contribution in [0.1, 0.15) is 19.3 Å². The molecule has 2 aliphatic rings. The second kappa shape index (κ2) is 5.00. The molecule has 0 aliphatic carbocycles. The largest absolute Gasteiger partial charge is 0.392 e. The van der Waals surface area contributed by atoms with Crippen LogP contribution in [0.25, 0.3) is 0 Å². The molecular weight excluding hydrogens is 206 g/mol. The van der Waals surface area contributed by atoms with E-state index >= 15 is 0 Å². The van der Waals surface area contributed by atoms with Gasteiger partial charge in [-0.1, -0.05) is 0 Å². The lowest BCUT2D eigenvalue weighted by atomic mass is 9.82. The molecule has 2 saturated heterocycles. The average Bonchev–Trinajstić information content (AvgIpc) is 2.65. The van der Waals surface area contributed by atoms with Crippen molar-refractivity contribution in [2.45, 2.75) is 31.0 Å². The van der Waals surface area contributed by atoms with Crippen LogP contribution < -0.4 is 0 Å². The average molecular weight is 229 g/mol. The van der Waals surface area contributed by atoms with E-state index in [2.05, 4.69) is 0 Å². The summed E-state index contributed by atoms with van der Waals surface area (Å²) in [4.78, 5) is 2.04. The Morgan fingerprint density at radius 2 is 2.25 bits per heavy atom. The number of ether oxygens (including phenoxy) is 2. The van der Waals surface area contributed by atoms with Crippen molar-refractivity contribution in [1.82, 2.24) is 4.90 Å². The highest BCUT2D eigenvalue weighted by molar-refractivity contribution is 4.92. The minimum absolute atomic E-state index is 0.0871. The van der Waals surface area contributed by atoms with Crippen molar-refractivity contribution >= 4 is 0 Å². The van der Waals surface area contributed by atoms with Crippen molar-refractivity contribution < 1.29 is 14.6 Å². The van der Waals surface area contributed by atoms with Gasteiger partial charge in [0.15, 0.2) is 0 Å². The first-order chi connectivity index (χ1) is 7.61. The molecule has 0 amide bonds. The maximum atomic E-state index is 10.1. The minimum atomic E-state index is -0.239. The zero-order valence-electron chi connectivity index (χ0n) is 10.3. The lowest BCUT2D eigenvalue weighted by Crippen LogP contribution is -2.45. The number of nitrogens with zero attached hydrogens (tertiary/aromatic N) is 1. The fourth-order valence-electron chi connectivity index (χ4n) is 2.78. The van der Waals surface area contributed by atoms with Gasteiger partial charge in [0.2, 0.25) is 0 Å². The summed E-state index contributed by atoms with van der Waals surface area (Å²) in [5.41, 5.74) is -0.0871. The van der Waals surface area contributed by atoms with Gasteiger partial charge in [0, 0.05) is 26.2 Å². The highest BCUT2D eigenvalue weighted by Crippen LogP contribution is 2.37. The van der Waals surface area contributed by atoms with Gasteiger partial charge in [0.25, 0.3) is 0 Å². The van der Waals surface area contributed by atoms with Crippen LogP contribution in [0.15, 0.2) is 0 Å². The number of likely N-dealkylation sites (N-methyl/N-ethyl adjacent to an activating group) is 1. The zero-order chi connectivity index (χ0) is 11.6. The van der Waals surface area contributed by atoms with Gasteiger partial charge in [-0.05, 0) is 32.9 Å². The molecule has 2 aliphatic heterocycles. The van der Waals surface area contributed by atoms with E-state index in [0.717, 1.165) is 39.0 Å². The van der Waals surface area contributed by atoms with Gasteiger partial charge in [0.1, 0.15) is 0 Å². The lowest BCUT2D eigenvalue weighted by Gasteiger charge is -2.39. The highest BCUT2D eigenvalue weighted by Gasteiger charge is 2.42. The van der Waals surface area contributed by atoms with Crippen LogP contribution in [0.3, 0.4) is 0 Å². The molecule has 1 N–H and O–H groups in total. The van der Waals surface area contributed by atoms with Gasteiger partial charge in [-0.2, -0.15) is 0 Å². The predicted molar refractivity (Wildman–Crippen MR) is 61.4 cm³/mol. The number of rotatable bonds is 3. The summed E-state index contributed by atoms with van der Waals surface area (Å²) < 4.78 is 11.3. The monoisotopic (exact) mass is 229 g/mol. The molecule has 0 aromatic carbocycles. The van der Waals surface area contributed by atoms with Gasteiger partial charge in [-0.25, -0.2) is 0 Å². The standard InChI is InChI=1S/C12H23NO3/c1-13(2)8-11(14)10-3-5-16-12(7-10)4-6-15-9-12/h10-11,14H,3-9H2,1-2H3. The van der Waals surface area contributed by atoms with Gasteiger partial charge in [0.05, 0.1) is 18.3 Å². The normalized spacial score (nSPS) is 37.1. The molecule has 1 spiro atoms. The van der Waals surface area contributed by atoms with Crippen LogP contribution >= 0.6 is 0 Å². The molecule has 16 heavy (non-hydrogen) atoms. The lowest BCUT2D eigenvalue weighted by molar-refractivity contribution is -0.118. The van der Waals surface area contributed by atoms with Gasteiger partial charge >= 0.3 is 0 Å². The predicted octanol–water partition coefficient (Wildman–Crippen LogP) is 0.495. The maximum Gasteiger partial charge on any atom is 0.0940 e. The fourth-order valence-corrected chi connectivity index (χ4v) is 2.78. The van der Waals surface area contributed by atoms with Crippen LogP contribution in [0.2, 0.25) is 0 Å². The first-order valence-electron chi connectivity index (χ1n) is 6.16. The number of aliphatic hydroxyl groups is 1. The highest BCUT2D eigenvalue weighted by atomic mass is 16.6. The molecule has 0 aromatic heterocycles. The van der Waals surface area contributed by atoms with Crippen molar-refractivity contribution in [3.8, 4) is 0 Å². The minimum Gasteiger partial charge on any atom is -0.392 e. The van der Waals surface area contributed by atoms with E-state index in [-0.39, 0.29) is 11.7 Å². The van der Waals surface area contributed by atoms with E-state index in [9.17, 15) is 5.11 Å². The van der Waals surface area contributed by atoms with Crippen LogP contribution in [-0.4, -0.2) is 62.2 Å². The van der Waals surface area contributed by atoms with E-state index in [1.807, 2.05) is 19.0 Å². The summed E-state index contributed by atoms with van der Waals surface area (Å²) in [5, 5.41) is 10.1. The SMILES string of the molecule is CN(C)CC(O)C1CCOC2(CCOC2)C1. The number of hydrogen-bond donors (Lipinski definition) is 1. The number of hydrogen-bond acceptors (Lipinski definition) is 4. The Kier molecular flexibility index (Phi) is 3.85. The molecule has 0 radical (unpaired) electrons.